The third-order valence-corrected chi connectivity index (χ3v) is 5.63. The van der Waals surface area contributed by atoms with Crippen molar-refractivity contribution in [3.63, 3.8) is 0 Å². The normalized spacial score (nSPS) is 16.4. The zero-order chi connectivity index (χ0) is 24.1. The molecular weight excluding hydrogens is 441 g/mol. The van der Waals surface area contributed by atoms with Gasteiger partial charge in [-0.25, -0.2) is 4.39 Å². The van der Waals surface area contributed by atoms with E-state index in [1.807, 2.05) is 24.3 Å². The summed E-state index contributed by atoms with van der Waals surface area (Å²) in [4.78, 5) is 29.2. The SMILES string of the molecule is COc1ccc(CN2CC(OCc3ccccc3F)CN(C(=O)c3cc(C)on3)CC2=O)cc1. The Morgan fingerprint density at radius 3 is 2.62 bits per heavy atom. The lowest BCUT2D eigenvalue weighted by atomic mass is 10.2. The highest BCUT2D eigenvalue weighted by atomic mass is 19.1. The van der Waals surface area contributed by atoms with Crippen LogP contribution < -0.4 is 4.74 Å². The molecule has 34 heavy (non-hydrogen) atoms. The first-order valence-corrected chi connectivity index (χ1v) is 10.9. The molecule has 1 saturated heterocycles. The van der Waals surface area contributed by atoms with Crippen molar-refractivity contribution < 1.29 is 28.0 Å². The fourth-order valence-corrected chi connectivity index (χ4v) is 3.80. The number of hydrogen-bond donors (Lipinski definition) is 0. The van der Waals surface area contributed by atoms with Crippen LogP contribution in [0.25, 0.3) is 0 Å². The topological polar surface area (TPSA) is 85.1 Å². The minimum absolute atomic E-state index is 0.0208. The van der Waals surface area contributed by atoms with Crippen LogP contribution in [-0.4, -0.2) is 59.6 Å². The van der Waals surface area contributed by atoms with Crippen LogP contribution >= 0.6 is 0 Å². The molecule has 2 amide bonds. The number of aromatic nitrogens is 1. The number of benzene rings is 2. The predicted octanol–water partition coefficient (Wildman–Crippen LogP) is 3.20. The first-order chi connectivity index (χ1) is 16.4. The number of rotatable bonds is 7. The zero-order valence-electron chi connectivity index (χ0n) is 19.1. The van der Waals surface area contributed by atoms with Gasteiger partial charge < -0.3 is 23.8 Å². The lowest BCUT2D eigenvalue weighted by Gasteiger charge is -2.25. The van der Waals surface area contributed by atoms with Gasteiger partial charge in [0.05, 0.1) is 19.8 Å². The van der Waals surface area contributed by atoms with E-state index in [0.29, 0.717) is 17.9 Å². The number of aryl methyl sites for hydroxylation is 1. The molecule has 9 heteroatoms. The summed E-state index contributed by atoms with van der Waals surface area (Å²) in [6.07, 6.45) is -0.527. The summed E-state index contributed by atoms with van der Waals surface area (Å²) >= 11 is 0. The van der Waals surface area contributed by atoms with Gasteiger partial charge in [-0.15, -0.1) is 0 Å². The molecule has 1 aliphatic heterocycles. The van der Waals surface area contributed by atoms with Crippen molar-refractivity contribution in [2.75, 3.05) is 26.7 Å². The van der Waals surface area contributed by atoms with Crippen LogP contribution in [-0.2, 0) is 22.7 Å². The minimum atomic E-state index is -0.527. The van der Waals surface area contributed by atoms with Gasteiger partial charge in [0.1, 0.15) is 23.9 Å². The molecule has 0 bridgehead atoms. The summed E-state index contributed by atoms with van der Waals surface area (Å²) in [6, 6.07) is 15.3. The van der Waals surface area contributed by atoms with Crippen LogP contribution in [0, 0.1) is 12.7 Å². The summed E-state index contributed by atoms with van der Waals surface area (Å²) in [5, 5.41) is 3.79. The highest BCUT2D eigenvalue weighted by molar-refractivity contribution is 5.95. The molecule has 0 radical (unpaired) electrons. The fourth-order valence-electron chi connectivity index (χ4n) is 3.80. The Hall–Kier alpha value is -3.72. The van der Waals surface area contributed by atoms with E-state index in [-0.39, 0.29) is 43.7 Å². The van der Waals surface area contributed by atoms with Gasteiger partial charge in [0.15, 0.2) is 5.69 Å². The third kappa shape index (κ3) is 5.60. The summed E-state index contributed by atoms with van der Waals surface area (Å²) in [5.74, 6) is 0.209. The van der Waals surface area contributed by atoms with Crippen LogP contribution in [0.2, 0.25) is 0 Å². The van der Waals surface area contributed by atoms with Crippen LogP contribution in [0.3, 0.4) is 0 Å². The molecule has 1 atom stereocenters. The van der Waals surface area contributed by atoms with Gasteiger partial charge >= 0.3 is 0 Å². The van der Waals surface area contributed by atoms with Gasteiger partial charge in [-0.05, 0) is 30.7 Å². The van der Waals surface area contributed by atoms with E-state index in [1.54, 1.807) is 37.1 Å². The van der Waals surface area contributed by atoms with E-state index in [0.717, 1.165) is 11.3 Å². The Labute approximate surface area is 196 Å². The van der Waals surface area contributed by atoms with Gasteiger partial charge in [-0.2, -0.15) is 0 Å². The van der Waals surface area contributed by atoms with Gasteiger partial charge in [-0.3, -0.25) is 9.59 Å². The van der Waals surface area contributed by atoms with E-state index in [1.165, 1.54) is 17.0 Å². The second kappa shape index (κ2) is 10.5. The molecular formula is C25H26FN3O5. The summed E-state index contributed by atoms with van der Waals surface area (Å²) in [7, 11) is 1.59. The van der Waals surface area contributed by atoms with Crippen LogP contribution in [0.1, 0.15) is 27.4 Å². The van der Waals surface area contributed by atoms with Crippen molar-refractivity contribution in [3.05, 3.63) is 83.0 Å². The Morgan fingerprint density at radius 1 is 1.18 bits per heavy atom. The number of amides is 2. The number of methoxy groups -OCH3 is 1. The second-order valence-electron chi connectivity index (χ2n) is 8.16. The first-order valence-electron chi connectivity index (χ1n) is 10.9. The standard InChI is InChI=1S/C25H26FN3O5/c1-17-11-23(27-34-17)25(31)29-14-21(33-16-19-5-3-4-6-22(19)26)13-28(24(30)15-29)12-18-7-9-20(32-2)10-8-18/h3-11,21H,12-16H2,1-2H3. The van der Waals surface area contributed by atoms with E-state index in [2.05, 4.69) is 5.16 Å². The molecule has 0 saturated carbocycles. The number of halogens is 1. The molecule has 3 aromatic rings. The summed E-state index contributed by atoms with van der Waals surface area (Å²) in [5.41, 5.74) is 1.44. The van der Waals surface area contributed by atoms with Crippen LogP contribution in [0.4, 0.5) is 4.39 Å². The Balaban J connectivity index is 1.53. The lowest BCUT2D eigenvalue weighted by Crippen LogP contribution is -2.39. The number of carbonyl (C=O) groups is 2. The maximum Gasteiger partial charge on any atom is 0.276 e. The van der Waals surface area contributed by atoms with Crippen LogP contribution in [0.15, 0.2) is 59.1 Å². The highest BCUT2D eigenvalue weighted by Gasteiger charge is 2.32. The summed E-state index contributed by atoms with van der Waals surface area (Å²) in [6.45, 7) is 2.33. The van der Waals surface area contributed by atoms with Crippen molar-refractivity contribution in [3.8, 4) is 5.75 Å². The smallest absolute Gasteiger partial charge is 0.276 e. The average molecular weight is 467 g/mol. The fraction of sp³-hybridized carbons (Fsp3) is 0.320. The van der Waals surface area contributed by atoms with E-state index in [4.69, 9.17) is 14.0 Å². The third-order valence-electron chi connectivity index (χ3n) is 5.63. The molecule has 0 spiro atoms. The molecule has 1 fully saturated rings. The van der Waals surface area contributed by atoms with Crippen LogP contribution in [0.5, 0.6) is 5.75 Å². The van der Waals surface area contributed by atoms with Crippen molar-refractivity contribution in [2.24, 2.45) is 0 Å². The van der Waals surface area contributed by atoms with Gasteiger partial charge in [0.2, 0.25) is 5.91 Å². The highest BCUT2D eigenvalue weighted by Crippen LogP contribution is 2.18. The quantitative estimate of drug-likeness (QED) is 0.531. The Bertz CT molecular complexity index is 1150. The first kappa shape index (κ1) is 23.4. The van der Waals surface area contributed by atoms with Crippen molar-refractivity contribution >= 4 is 11.8 Å². The zero-order valence-corrected chi connectivity index (χ0v) is 19.1. The molecule has 1 aliphatic rings. The largest absolute Gasteiger partial charge is 0.497 e. The molecule has 1 aromatic heterocycles. The van der Waals surface area contributed by atoms with Crippen molar-refractivity contribution in [1.29, 1.82) is 0 Å². The maximum absolute atomic E-state index is 14.1. The van der Waals surface area contributed by atoms with Gasteiger partial charge in [0.25, 0.3) is 5.91 Å². The molecule has 2 heterocycles. The van der Waals surface area contributed by atoms with E-state index in [9.17, 15) is 14.0 Å². The average Bonchev–Trinajstić information content (AvgIpc) is 3.21. The Kier molecular flexibility index (Phi) is 7.22. The molecule has 2 aromatic carbocycles. The van der Waals surface area contributed by atoms with E-state index < -0.39 is 12.0 Å². The van der Waals surface area contributed by atoms with Gasteiger partial charge in [0, 0.05) is 31.3 Å². The van der Waals surface area contributed by atoms with Gasteiger partial charge in [-0.1, -0.05) is 35.5 Å². The number of carbonyl (C=O) groups excluding carboxylic acids is 2. The van der Waals surface area contributed by atoms with Crippen molar-refractivity contribution in [2.45, 2.75) is 26.2 Å². The molecule has 1 unspecified atom stereocenters. The summed E-state index contributed by atoms with van der Waals surface area (Å²) < 4.78 is 30.3. The maximum atomic E-state index is 14.1. The Morgan fingerprint density at radius 2 is 1.94 bits per heavy atom. The predicted molar refractivity (Wildman–Crippen MR) is 121 cm³/mol. The lowest BCUT2D eigenvalue weighted by molar-refractivity contribution is -0.132. The molecule has 8 nitrogen and oxygen atoms in total. The molecule has 4 rings (SSSR count). The second-order valence-corrected chi connectivity index (χ2v) is 8.16. The number of hydrogen-bond acceptors (Lipinski definition) is 6. The number of nitrogens with zero attached hydrogens (tertiary/aromatic N) is 3. The number of ether oxygens (including phenoxy) is 2. The molecule has 0 N–H and O–H groups in total. The van der Waals surface area contributed by atoms with E-state index >= 15 is 0 Å². The minimum Gasteiger partial charge on any atom is -0.497 e. The molecule has 178 valence electrons. The van der Waals surface area contributed by atoms with Crippen molar-refractivity contribution in [1.82, 2.24) is 15.0 Å². The molecule has 0 aliphatic carbocycles. The monoisotopic (exact) mass is 467 g/mol.